The Morgan fingerprint density at radius 2 is 2.16 bits per heavy atom. The topological polar surface area (TPSA) is 103 Å². The maximum absolute atomic E-state index is 12.1. The largest absolute Gasteiger partial charge is 0.423 e. The van der Waals surface area contributed by atoms with Gasteiger partial charge in [-0.2, -0.15) is 0 Å². The first-order valence-electron chi connectivity index (χ1n) is 8.11. The molecule has 0 bridgehead atoms. The number of benzene rings is 1. The fourth-order valence-electron chi connectivity index (χ4n) is 3.07. The highest BCUT2D eigenvalue weighted by Gasteiger charge is 2.39. The highest BCUT2D eigenvalue weighted by atomic mass is 16.4. The highest BCUT2D eigenvalue weighted by Crippen LogP contribution is 2.38. The Labute approximate surface area is 143 Å². The van der Waals surface area contributed by atoms with Gasteiger partial charge in [0, 0.05) is 23.2 Å². The van der Waals surface area contributed by atoms with Crippen molar-refractivity contribution in [2.45, 2.75) is 20.3 Å². The van der Waals surface area contributed by atoms with Gasteiger partial charge in [0.05, 0.1) is 11.4 Å². The minimum atomic E-state index is -0.471. The minimum Gasteiger partial charge on any atom is -0.416 e. The van der Waals surface area contributed by atoms with E-state index in [4.69, 9.17) is 10.2 Å². The van der Waals surface area contributed by atoms with Crippen molar-refractivity contribution in [1.82, 2.24) is 9.55 Å². The van der Waals surface area contributed by atoms with E-state index in [1.807, 2.05) is 6.07 Å². The van der Waals surface area contributed by atoms with Gasteiger partial charge in [0.15, 0.2) is 0 Å². The quantitative estimate of drug-likeness (QED) is 0.714. The van der Waals surface area contributed by atoms with Gasteiger partial charge in [-0.25, -0.2) is 14.3 Å². The Kier molecular flexibility index (Phi) is 3.38. The molecule has 1 aliphatic rings. The normalized spacial score (nSPS) is 19.1. The molecule has 1 aromatic carbocycles. The highest BCUT2D eigenvalue weighted by molar-refractivity contribution is 5.98. The second kappa shape index (κ2) is 5.47. The molecule has 0 saturated heterocycles. The Hall–Kier alpha value is -3.09. The lowest BCUT2D eigenvalue weighted by atomic mass is 10.1. The van der Waals surface area contributed by atoms with E-state index in [-0.39, 0.29) is 11.8 Å². The second-order valence-electron chi connectivity index (χ2n) is 6.61. The molecule has 7 nitrogen and oxygen atoms in total. The number of nitrogens with one attached hydrogen (secondary N) is 1. The Morgan fingerprint density at radius 1 is 1.40 bits per heavy atom. The number of pyridine rings is 1. The van der Waals surface area contributed by atoms with Crippen LogP contribution in [0.2, 0.25) is 0 Å². The average molecular weight is 338 g/mol. The molecule has 0 unspecified atom stereocenters. The average Bonchev–Trinajstić information content (AvgIpc) is 3.20. The zero-order valence-corrected chi connectivity index (χ0v) is 13.9. The third kappa shape index (κ3) is 2.67. The van der Waals surface area contributed by atoms with Crippen molar-refractivity contribution >= 4 is 28.2 Å². The van der Waals surface area contributed by atoms with Crippen LogP contribution < -0.4 is 16.8 Å². The maximum atomic E-state index is 12.1. The van der Waals surface area contributed by atoms with Crippen molar-refractivity contribution in [1.29, 1.82) is 0 Å². The Bertz CT molecular complexity index is 1050. The van der Waals surface area contributed by atoms with Gasteiger partial charge in [-0.1, -0.05) is 6.92 Å². The Morgan fingerprint density at radius 3 is 2.80 bits per heavy atom. The molecule has 3 aromatic rings. The molecule has 0 radical (unpaired) electrons. The number of aromatic nitrogens is 2. The third-order valence-electron chi connectivity index (χ3n) is 4.68. The zero-order chi connectivity index (χ0) is 17.7. The van der Waals surface area contributed by atoms with E-state index in [0.717, 1.165) is 17.2 Å². The molecular weight excluding hydrogens is 320 g/mol. The number of carbonyl (C=O) groups excluding carboxylic acids is 1. The van der Waals surface area contributed by atoms with Gasteiger partial charge in [0.25, 0.3) is 0 Å². The van der Waals surface area contributed by atoms with E-state index in [0.29, 0.717) is 28.8 Å². The van der Waals surface area contributed by atoms with Crippen LogP contribution in [-0.2, 0) is 4.79 Å². The number of nitrogens with two attached hydrogens (primary N) is 1. The monoisotopic (exact) mass is 338 g/mol. The molecule has 2 heterocycles. The van der Waals surface area contributed by atoms with E-state index in [1.54, 1.807) is 25.3 Å². The standard InChI is InChI=1S/C18H18N4O3/c1-9-3-13(9)17(23)21-16-5-11-4-12(6-15(19)14(11)7-20-16)22-10(2)8-25-18(22)24/h4-9,13H,3,19H2,1-2H3,(H,20,21,23)/t9-,13-/m1/s1. The third-order valence-corrected chi connectivity index (χ3v) is 4.68. The summed E-state index contributed by atoms with van der Waals surface area (Å²) in [7, 11) is 0. The molecule has 0 spiro atoms. The van der Waals surface area contributed by atoms with Gasteiger partial charge < -0.3 is 15.5 Å². The molecular formula is C18H18N4O3. The second-order valence-corrected chi connectivity index (χ2v) is 6.61. The van der Waals surface area contributed by atoms with Crippen molar-refractivity contribution in [3.63, 3.8) is 0 Å². The SMILES string of the molecule is Cc1coc(=O)n1-c1cc(N)c2cnc(NC(=O)[C@@H]3C[C@H]3C)cc2c1. The lowest BCUT2D eigenvalue weighted by Crippen LogP contribution is -2.15. The first kappa shape index (κ1) is 15.4. The van der Waals surface area contributed by atoms with Gasteiger partial charge in [-0.05, 0) is 42.8 Å². The number of oxazole rings is 1. The van der Waals surface area contributed by atoms with Crippen molar-refractivity contribution in [3.05, 3.63) is 46.9 Å². The maximum Gasteiger partial charge on any atom is 0.423 e. The van der Waals surface area contributed by atoms with Crippen LogP contribution in [0.3, 0.4) is 0 Å². The fraction of sp³-hybridized carbons (Fsp3) is 0.278. The van der Waals surface area contributed by atoms with E-state index in [2.05, 4.69) is 17.2 Å². The minimum absolute atomic E-state index is 0.00891. The predicted molar refractivity (Wildman–Crippen MR) is 94.7 cm³/mol. The molecule has 2 aromatic heterocycles. The smallest absolute Gasteiger partial charge is 0.416 e. The lowest BCUT2D eigenvalue weighted by Gasteiger charge is -2.10. The number of carbonyl (C=O) groups is 1. The van der Waals surface area contributed by atoms with Crippen LogP contribution >= 0.6 is 0 Å². The summed E-state index contributed by atoms with van der Waals surface area (Å²) in [6.45, 7) is 3.83. The van der Waals surface area contributed by atoms with Crippen LogP contribution in [0.15, 0.2) is 39.9 Å². The summed E-state index contributed by atoms with van der Waals surface area (Å²) in [5, 5.41) is 4.39. The number of hydrogen-bond acceptors (Lipinski definition) is 5. The van der Waals surface area contributed by atoms with Crippen molar-refractivity contribution in [2.75, 3.05) is 11.1 Å². The number of hydrogen-bond donors (Lipinski definition) is 2. The summed E-state index contributed by atoms with van der Waals surface area (Å²) >= 11 is 0. The number of aryl methyl sites for hydroxylation is 1. The summed E-state index contributed by atoms with van der Waals surface area (Å²) in [6, 6.07) is 5.30. The molecule has 2 atom stereocenters. The van der Waals surface area contributed by atoms with Gasteiger partial charge in [-0.3, -0.25) is 4.79 Å². The van der Waals surface area contributed by atoms with E-state index >= 15 is 0 Å². The van der Waals surface area contributed by atoms with Crippen LogP contribution in [0.5, 0.6) is 0 Å². The summed E-state index contributed by atoms with van der Waals surface area (Å²) in [4.78, 5) is 28.3. The first-order chi connectivity index (χ1) is 11.9. The molecule has 1 fully saturated rings. The van der Waals surface area contributed by atoms with E-state index in [1.165, 1.54) is 10.8 Å². The summed E-state index contributed by atoms with van der Waals surface area (Å²) in [5.74, 6) is 0.496. The van der Waals surface area contributed by atoms with E-state index < -0.39 is 5.76 Å². The molecule has 1 aliphatic carbocycles. The van der Waals surface area contributed by atoms with Crippen LogP contribution in [0.1, 0.15) is 19.0 Å². The number of rotatable bonds is 3. The van der Waals surface area contributed by atoms with Crippen LogP contribution in [0, 0.1) is 18.8 Å². The van der Waals surface area contributed by atoms with Crippen molar-refractivity contribution < 1.29 is 9.21 Å². The number of amides is 1. The zero-order valence-electron chi connectivity index (χ0n) is 13.9. The lowest BCUT2D eigenvalue weighted by molar-refractivity contribution is -0.117. The molecule has 1 amide bonds. The number of fused-ring (bicyclic) bond motifs is 1. The van der Waals surface area contributed by atoms with Gasteiger partial charge >= 0.3 is 5.76 Å². The fourth-order valence-corrected chi connectivity index (χ4v) is 3.07. The summed E-state index contributed by atoms with van der Waals surface area (Å²) in [5.41, 5.74) is 7.91. The van der Waals surface area contributed by atoms with Gasteiger partial charge in [0.1, 0.15) is 12.1 Å². The van der Waals surface area contributed by atoms with Crippen LogP contribution in [0.25, 0.3) is 16.5 Å². The van der Waals surface area contributed by atoms with Crippen molar-refractivity contribution in [2.24, 2.45) is 11.8 Å². The Balaban J connectivity index is 1.76. The summed E-state index contributed by atoms with van der Waals surface area (Å²) < 4.78 is 6.36. The van der Waals surface area contributed by atoms with E-state index in [9.17, 15) is 9.59 Å². The number of anilines is 2. The molecule has 128 valence electrons. The first-order valence-corrected chi connectivity index (χ1v) is 8.11. The summed E-state index contributed by atoms with van der Waals surface area (Å²) in [6.07, 6.45) is 3.95. The molecule has 7 heteroatoms. The van der Waals surface area contributed by atoms with Gasteiger partial charge in [0.2, 0.25) is 5.91 Å². The molecule has 0 aliphatic heterocycles. The number of nitrogens with zero attached hydrogens (tertiary/aromatic N) is 2. The van der Waals surface area contributed by atoms with Crippen LogP contribution in [-0.4, -0.2) is 15.5 Å². The van der Waals surface area contributed by atoms with Gasteiger partial charge in [-0.15, -0.1) is 0 Å². The van der Waals surface area contributed by atoms with Crippen LogP contribution in [0.4, 0.5) is 11.5 Å². The molecule has 25 heavy (non-hydrogen) atoms. The number of nitrogen functional groups attached to an aromatic ring is 1. The van der Waals surface area contributed by atoms with Crippen molar-refractivity contribution in [3.8, 4) is 5.69 Å². The molecule has 4 rings (SSSR count). The molecule has 3 N–H and O–H groups in total. The molecule has 1 saturated carbocycles. The predicted octanol–water partition coefficient (Wildman–Crippen LogP) is 2.46.